The second-order valence-electron chi connectivity index (χ2n) is 20.5. The predicted octanol–water partition coefficient (Wildman–Crippen LogP) is 8.28. The minimum absolute atomic E-state index is 0.0258. The molecule has 4 aliphatic heterocycles. The molecule has 3 aromatic heterocycles. The average molecular weight is 1030 g/mol. The number of aryl methyl sites for hydroxylation is 2. The summed E-state index contributed by atoms with van der Waals surface area (Å²) >= 11 is 1.43. The van der Waals surface area contributed by atoms with Gasteiger partial charge in [0.1, 0.15) is 11.6 Å². The number of ether oxygens (including phenoxy) is 1. The number of carboxylic acid groups (broad SMARTS) is 1. The minimum atomic E-state index is -1.08. The van der Waals surface area contributed by atoms with Crippen LogP contribution in [0.1, 0.15) is 111 Å². The molecular formula is C58H61N9O7S. The minimum Gasteiger partial charge on any atom is -0.494 e. The van der Waals surface area contributed by atoms with E-state index >= 15 is 0 Å². The quantitative estimate of drug-likeness (QED) is 0.0659. The first-order chi connectivity index (χ1) is 36.5. The molecule has 7 aromatic rings. The van der Waals surface area contributed by atoms with E-state index in [0.29, 0.717) is 92.3 Å². The third-order valence-electron chi connectivity index (χ3n) is 15.7. The Morgan fingerprint density at radius 2 is 1.64 bits per heavy atom. The number of rotatable bonds is 15. The topological polar surface area (TPSA) is 192 Å². The van der Waals surface area contributed by atoms with E-state index < -0.39 is 11.9 Å². The van der Waals surface area contributed by atoms with Crippen molar-refractivity contribution in [1.82, 2.24) is 34.9 Å². The molecule has 1 unspecified atom stereocenters. The van der Waals surface area contributed by atoms with E-state index in [9.17, 15) is 29.1 Å². The fraction of sp³-hybridized carbons (Fsp3) is 0.379. The van der Waals surface area contributed by atoms with Crippen LogP contribution >= 0.6 is 11.3 Å². The Bertz CT molecular complexity index is 3270. The standard InChI is InChI=1S/C58H61N9O7S/c1-64-54-42(9-5-11-44(54)53(63-64)45-19-21-50(68)61-56(45)71)39-24-27-65(28-25-39)35-51(69)66-29-22-37(23-30-66)33-36-14-17-41(18-15-36)74-32-6-8-40-16-20-49(60-52(40)57(72)73)67-31-26-38-7-4-10-43(46(38)34-67)55(70)62-58-59-47-12-2-3-13-48(47)75-58/h2-5,7,9-18,20,37,39,45H,6,8,19,21-35H2,1H3,(H,72,73)(H,59,62,70)(H,61,68,71). The van der Waals surface area contributed by atoms with E-state index in [1.165, 1.54) is 22.5 Å². The van der Waals surface area contributed by atoms with Crippen molar-refractivity contribution in [1.29, 1.82) is 0 Å². The first-order valence-electron chi connectivity index (χ1n) is 26.3. The number of pyridine rings is 1. The van der Waals surface area contributed by atoms with Gasteiger partial charge in [-0.1, -0.05) is 72.0 Å². The number of carboxylic acids is 1. The third kappa shape index (κ3) is 10.9. The van der Waals surface area contributed by atoms with E-state index in [2.05, 4.69) is 43.7 Å². The van der Waals surface area contributed by atoms with Crippen molar-refractivity contribution in [3.63, 3.8) is 0 Å². The number of aromatic nitrogens is 4. The first-order valence-corrected chi connectivity index (χ1v) is 27.1. The van der Waals surface area contributed by atoms with Crippen molar-refractivity contribution in [3.05, 3.63) is 142 Å². The van der Waals surface area contributed by atoms with E-state index in [-0.39, 0.29) is 29.3 Å². The van der Waals surface area contributed by atoms with E-state index in [0.717, 1.165) is 102 Å². The number of thiazole rings is 1. The van der Waals surface area contributed by atoms with Crippen LogP contribution in [0.2, 0.25) is 0 Å². The molecule has 0 saturated carbocycles. The summed E-state index contributed by atoms with van der Waals surface area (Å²) in [4.78, 5) is 79.7. The summed E-state index contributed by atoms with van der Waals surface area (Å²) in [5, 5.41) is 22.0. The molecule has 11 rings (SSSR count). The van der Waals surface area contributed by atoms with E-state index in [1.807, 2.05) is 100 Å². The van der Waals surface area contributed by atoms with E-state index in [1.54, 1.807) is 0 Å². The molecule has 1 atom stereocenters. The zero-order valence-corrected chi connectivity index (χ0v) is 42.9. The highest BCUT2D eigenvalue weighted by atomic mass is 32.1. The van der Waals surface area contributed by atoms with Gasteiger partial charge >= 0.3 is 5.97 Å². The number of para-hydroxylation sites is 2. The summed E-state index contributed by atoms with van der Waals surface area (Å²) in [5.41, 5.74) is 8.31. The zero-order chi connectivity index (χ0) is 51.6. The molecular weight excluding hydrogens is 967 g/mol. The van der Waals surface area contributed by atoms with Gasteiger partial charge < -0.3 is 19.6 Å². The number of imide groups is 1. The largest absolute Gasteiger partial charge is 0.494 e. The molecule has 4 aliphatic rings. The number of likely N-dealkylation sites (tertiary alicyclic amines) is 2. The highest BCUT2D eigenvalue weighted by molar-refractivity contribution is 7.22. The Morgan fingerprint density at radius 1 is 0.840 bits per heavy atom. The molecule has 16 nitrogen and oxygen atoms in total. The lowest BCUT2D eigenvalue weighted by Crippen LogP contribution is -2.46. The molecule has 0 bridgehead atoms. The number of aromatic carboxylic acids is 1. The van der Waals surface area contributed by atoms with Crippen LogP contribution in [0.15, 0.2) is 97.1 Å². The third-order valence-corrected chi connectivity index (χ3v) is 16.6. The van der Waals surface area contributed by atoms with E-state index in [4.69, 9.17) is 9.84 Å². The van der Waals surface area contributed by atoms with Crippen molar-refractivity contribution in [2.45, 2.75) is 82.6 Å². The molecule has 386 valence electrons. The number of carbonyl (C=O) groups is 5. The number of benzene rings is 4. The highest BCUT2D eigenvalue weighted by Gasteiger charge is 2.34. The predicted molar refractivity (Wildman–Crippen MR) is 287 cm³/mol. The number of fused-ring (bicyclic) bond motifs is 3. The number of piperidine rings is 3. The molecule has 4 aromatic carbocycles. The number of carbonyl (C=O) groups excluding carboxylic acids is 4. The summed E-state index contributed by atoms with van der Waals surface area (Å²) in [5.74, 6) is 0.102. The summed E-state index contributed by atoms with van der Waals surface area (Å²) in [6, 6.07) is 31.7. The smallest absolute Gasteiger partial charge is 0.354 e. The maximum Gasteiger partial charge on any atom is 0.354 e. The lowest BCUT2D eigenvalue weighted by atomic mass is 9.86. The van der Waals surface area contributed by atoms with Gasteiger partial charge in [0.05, 0.1) is 40.5 Å². The summed E-state index contributed by atoms with van der Waals surface area (Å²) in [6.07, 6.45) is 7.34. The van der Waals surface area contributed by atoms with Gasteiger partial charge in [0.25, 0.3) is 5.91 Å². The molecule has 0 spiro atoms. The molecule has 4 amide bonds. The van der Waals surface area contributed by atoms with Crippen molar-refractivity contribution in [2.24, 2.45) is 13.0 Å². The number of nitrogens with one attached hydrogen (secondary N) is 2. The van der Waals surface area contributed by atoms with Gasteiger partial charge in [-0.25, -0.2) is 14.8 Å². The average Bonchev–Trinajstić information content (AvgIpc) is 4.00. The summed E-state index contributed by atoms with van der Waals surface area (Å²) < 4.78 is 8.99. The van der Waals surface area contributed by atoms with Crippen LogP contribution in [-0.4, -0.2) is 110 Å². The van der Waals surface area contributed by atoms with Gasteiger partial charge in [-0.2, -0.15) is 5.10 Å². The molecule has 0 aliphatic carbocycles. The van der Waals surface area contributed by atoms with Crippen molar-refractivity contribution < 1.29 is 33.8 Å². The molecule has 75 heavy (non-hydrogen) atoms. The Kier molecular flexibility index (Phi) is 14.4. The van der Waals surface area contributed by atoms with Crippen LogP contribution in [0, 0.1) is 5.92 Å². The highest BCUT2D eigenvalue weighted by Crippen LogP contribution is 2.38. The number of amides is 4. The Morgan fingerprint density at radius 3 is 2.43 bits per heavy atom. The van der Waals surface area contributed by atoms with Crippen LogP contribution in [0.4, 0.5) is 10.9 Å². The van der Waals surface area contributed by atoms with Gasteiger partial charge in [0, 0.05) is 50.6 Å². The second kappa shape index (κ2) is 21.8. The Balaban J connectivity index is 0.610. The number of hydrogen-bond acceptors (Lipinski definition) is 12. The maximum absolute atomic E-state index is 13.6. The Labute approximate surface area is 439 Å². The molecule has 7 heterocycles. The van der Waals surface area contributed by atoms with Crippen molar-refractivity contribution >= 4 is 73.0 Å². The maximum atomic E-state index is 13.6. The monoisotopic (exact) mass is 1030 g/mol. The molecule has 17 heteroatoms. The van der Waals surface area contributed by atoms with Gasteiger partial charge in [-0.15, -0.1) is 0 Å². The lowest BCUT2D eigenvalue weighted by molar-refractivity contribution is -0.135. The van der Waals surface area contributed by atoms with Gasteiger partial charge in [-0.05, 0) is 147 Å². The fourth-order valence-electron chi connectivity index (χ4n) is 11.6. The Hall–Kier alpha value is -7.50. The van der Waals surface area contributed by atoms with Gasteiger partial charge in [0.15, 0.2) is 10.8 Å². The molecule has 3 N–H and O–H groups in total. The second-order valence-corrected chi connectivity index (χ2v) is 21.5. The summed E-state index contributed by atoms with van der Waals surface area (Å²) in [7, 11) is 1.93. The molecule has 3 fully saturated rings. The van der Waals surface area contributed by atoms with Crippen LogP contribution in [-0.2, 0) is 47.2 Å². The number of anilines is 2. The summed E-state index contributed by atoms with van der Waals surface area (Å²) in [6.45, 7) is 5.14. The number of hydrogen-bond donors (Lipinski definition) is 3. The van der Waals surface area contributed by atoms with Gasteiger partial charge in [-0.3, -0.25) is 39.4 Å². The van der Waals surface area contributed by atoms with Crippen LogP contribution in [0.3, 0.4) is 0 Å². The molecule has 0 radical (unpaired) electrons. The number of nitrogens with zero attached hydrogens (tertiary/aromatic N) is 7. The van der Waals surface area contributed by atoms with Crippen LogP contribution in [0.5, 0.6) is 5.75 Å². The van der Waals surface area contributed by atoms with Gasteiger partial charge in [0.2, 0.25) is 17.7 Å². The lowest BCUT2D eigenvalue weighted by Gasteiger charge is -2.36. The van der Waals surface area contributed by atoms with Crippen molar-refractivity contribution in [3.8, 4) is 5.75 Å². The SMILES string of the molecule is Cn1nc(C2CCC(=O)NC2=O)c2cccc(C3CCN(CC(=O)N4CCC(Cc5ccc(OCCCc6ccc(N7CCc8cccc(C(=O)Nc9nc%10ccccc%10s9)c8C7)nc6C(=O)O)cc5)CC4)CC3)c21. The molecule has 3 saturated heterocycles. The van der Waals surface area contributed by atoms with Crippen molar-refractivity contribution in [2.75, 3.05) is 56.1 Å². The fourth-order valence-corrected chi connectivity index (χ4v) is 12.5. The normalized spacial score (nSPS) is 17.8. The zero-order valence-electron chi connectivity index (χ0n) is 42.1. The van der Waals surface area contributed by atoms with Crippen LogP contribution < -0.4 is 20.3 Å². The first kappa shape index (κ1) is 49.7. The van der Waals surface area contributed by atoms with Crippen LogP contribution in [0.25, 0.3) is 21.1 Å².